The van der Waals surface area contributed by atoms with E-state index in [0.717, 1.165) is 12.6 Å². The minimum absolute atomic E-state index is 0.750. The second kappa shape index (κ2) is 12.2. The molecule has 7 heteroatoms. The normalized spacial score (nSPS) is 7.73. The molecule has 0 bridgehead atoms. The Balaban J connectivity index is -0.0000000933. The molecule has 0 saturated heterocycles. The molecule has 0 aromatic carbocycles. The predicted octanol–water partition coefficient (Wildman–Crippen LogP) is -0.518. The van der Waals surface area contributed by atoms with E-state index >= 15 is 0 Å². The highest BCUT2D eigenvalue weighted by atomic mass is 31.2. The first-order chi connectivity index (χ1) is 4.83. The van der Waals surface area contributed by atoms with Crippen molar-refractivity contribution in [3.8, 4) is 0 Å². The van der Waals surface area contributed by atoms with Crippen molar-refractivity contribution in [3.63, 3.8) is 0 Å². The highest BCUT2D eigenvalue weighted by Crippen LogP contribution is 2.25. The lowest BCUT2D eigenvalue weighted by Gasteiger charge is -1.82. The number of carbonyl (C=O) groups excluding carboxylic acids is 2. The molecule has 0 rings (SSSR count). The lowest BCUT2D eigenvalue weighted by molar-refractivity contribution is -0.106. The molecule has 0 fully saturated rings. The summed E-state index contributed by atoms with van der Waals surface area (Å²) in [6.45, 7) is 2.89. The van der Waals surface area contributed by atoms with Crippen molar-refractivity contribution in [2.75, 3.05) is 0 Å². The molecule has 6 nitrogen and oxygen atoms in total. The number of carbonyl (C=O) groups is 2. The fourth-order valence-electron chi connectivity index (χ4n) is 0. The van der Waals surface area contributed by atoms with Crippen molar-refractivity contribution in [2.24, 2.45) is 0 Å². The van der Waals surface area contributed by atoms with E-state index in [1.54, 1.807) is 0 Å². The molecular weight excluding hydrogens is 175 g/mol. The lowest BCUT2D eigenvalue weighted by Crippen LogP contribution is -1.66. The van der Waals surface area contributed by atoms with E-state index in [4.69, 9.17) is 28.8 Å². The van der Waals surface area contributed by atoms with Gasteiger partial charge in [-0.15, -0.1) is 0 Å². The zero-order valence-corrected chi connectivity index (χ0v) is 7.06. The Labute approximate surface area is 64.1 Å². The van der Waals surface area contributed by atoms with Crippen LogP contribution in [0, 0.1) is 0 Å². The fourth-order valence-corrected chi connectivity index (χ4v) is 0. The second-order valence-electron chi connectivity index (χ2n) is 0.985. The minimum atomic E-state index is -4.64. The molecule has 0 aliphatic rings. The van der Waals surface area contributed by atoms with E-state index in [1.807, 2.05) is 0 Å². The summed E-state index contributed by atoms with van der Waals surface area (Å²) in [6.07, 6.45) is 1.50. The monoisotopic (exact) mass is 186 g/mol. The molecule has 0 aromatic rings. The molecule has 0 aliphatic carbocycles. The number of phosphoric acid groups is 1. The van der Waals surface area contributed by atoms with E-state index in [9.17, 15) is 0 Å². The minimum Gasteiger partial charge on any atom is -0.304 e. The lowest BCUT2D eigenvalue weighted by atomic mass is 11.0. The van der Waals surface area contributed by atoms with E-state index in [2.05, 4.69) is 0 Å². The summed E-state index contributed by atoms with van der Waals surface area (Å²) in [5.41, 5.74) is 0. The average molecular weight is 186 g/mol. The van der Waals surface area contributed by atoms with Crippen molar-refractivity contribution in [1.82, 2.24) is 0 Å². The van der Waals surface area contributed by atoms with Crippen LogP contribution in [0.2, 0.25) is 0 Å². The van der Waals surface area contributed by atoms with Gasteiger partial charge in [0.05, 0.1) is 0 Å². The van der Waals surface area contributed by atoms with Crippen LogP contribution in [-0.2, 0) is 14.2 Å². The standard InChI is InChI=1S/2C2H4O.H3O4P/c2*1-2-3;1-5(2,3)4/h2*2H,1H3;(H3,1,2,3,4). The van der Waals surface area contributed by atoms with E-state index < -0.39 is 7.82 Å². The van der Waals surface area contributed by atoms with Crippen molar-refractivity contribution in [2.45, 2.75) is 13.8 Å². The Kier molecular flexibility index (Phi) is 18.6. The first-order valence-electron chi connectivity index (χ1n) is 2.41. The maximum atomic E-state index is 8.88. The van der Waals surface area contributed by atoms with E-state index in [-0.39, 0.29) is 0 Å². The zero-order chi connectivity index (χ0) is 9.91. The van der Waals surface area contributed by atoms with Gasteiger partial charge in [-0.2, -0.15) is 0 Å². The van der Waals surface area contributed by atoms with Crippen LogP contribution >= 0.6 is 7.82 Å². The van der Waals surface area contributed by atoms with E-state index in [0.29, 0.717) is 0 Å². The molecule has 0 aromatic heterocycles. The van der Waals surface area contributed by atoms with Crippen LogP contribution in [0.4, 0.5) is 0 Å². The molecule has 0 amide bonds. The molecule has 0 spiro atoms. The second-order valence-corrected chi connectivity index (χ2v) is 2.01. The molecule has 0 aliphatic heterocycles. The summed E-state index contributed by atoms with van der Waals surface area (Å²) in [4.78, 5) is 39.2. The summed E-state index contributed by atoms with van der Waals surface area (Å²) < 4.78 is 8.88. The van der Waals surface area contributed by atoms with Crippen LogP contribution in [0.15, 0.2) is 0 Å². The topological polar surface area (TPSA) is 112 Å². The highest BCUT2D eigenvalue weighted by Gasteiger charge is 2.00. The highest BCUT2D eigenvalue weighted by molar-refractivity contribution is 7.45. The van der Waals surface area contributed by atoms with Crippen LogP contribution in [0.3, 0.4) is 0 Å². The van der Waals surface area contributed by atoms with Gasteiger partial charge in [-0.05, 0) is 13.8 Å². The zero-order valence-electron chi connectivity index (χ0n) is 6.17. The molecule has 0 saturated carbocycles. The van der Waals surface area contributed by atoms with Gasteiger partial charge in [-0.3, -0.25) is 0 Å². The summed E-state index contributed by atoms with van der Waals surface area (Å²) in [6, 6.07) is 0. The SMILES string of the molecule is CC=O.CC=O.O=P(O)(O)O. The van der Waals surface area contributed by atoms with Crippen LogP contribution in [0.25, 0.3) is 0 Å². The Morgan fingerprint density at radius 2 is 1.00 bits per heavy atom. The van der Waals surface area contributed by atoms with Gasteiger partial charge >= 0.3 is 7.82 Å². The van der Waals surface area contributed by atoms with Crippen LogP contribution in [-0.4, -0.2) is 27.3 Å². The quantitative estimate of drug-likeness (QED) is 0.346. The van der Waals surface area contributed by atoms with Crippen molar-refractivity contribution < 1.29 is 28.8 Å². The first kappa shape index (κ1) is 16.8. The van der Waals surface area contributed by atoms with Crippen LogP contribution in [0.1, 0.15) is 13.8 Å². The van der Waals surface area contributed by atoms with Crippen LogP contribution in [0.5, 0.6) is 0 Å². The number of hydrogen-bond acceptors (Lipinski definition) is 3. The third-order valence-electron chi connectivity index (χ3n) is 0. The molecule has 0 unspecified atom stereocenters. The van der Waals surface area contributed by atoms with Gasteiger partial charge in [-0.25, -0.2) is 4.57 Å². The summed E-state index contributed by atoms with van der Waals surface area (Å²) in [7, 11) is -4.64. The molecule has 0 heterocycles. The maximum Gasteiger partial charge on any atom is 0.466 e. The van der Waals surface area contributed by atoms with Gasteiger partial charge in [0.25, 0.3) is 0 Å². The Bertz CT molecular complexity index is 112. The molecule has 68 valence electrons. The average Bonchev–Trinajstić information content (AvgIpc) is 1.62. The van der Waals surface area contributed by atoms with Gasteiger partial charge in [-0.1, -0.05) is 0 Å². The van der Waals surface area contributed by atoms with Gasteiger partial charge in [0.1, 0.15) is 12.6 Å². The number of hydrogen-bond donors (Lipinski definition) is 3. The largest absolute Gasteiger partial charge is 0.466 e. The van der Waals surface area contributed by atoms with Gasteiger partial charge in [0.15, 0.2) is 0 Å². The predicted molar refractivity (Wildman–Crippen MR) is 37.7 cm³/mol. The van der Waals surface area contributed by atoms with Gasteiger partial charge in [0.2, 0.25) is 0 Å². The maximum absolute atomic E-state index is 8.88. The summed E-state index contributed by atoms with van der Waals surface area (Å²) in [5.74, 6) is 0. The van der Waals surface area contributed by atoms with Gasteiger partial charge < -0.3 is 24.3 Å². The Morgan fingerprint density at radius 1 is 1.00 bits per heavy atom. The first-order valence-corrected chi connectivity index (χ1v) is 3.97. The third kappa shape index (κ3) is 1730. The molecule has 0 radical (unpaired) electrons. The van der Waals surface area contributed by atoms with Crippen molar-refractivity contribution in [1.29, 1.82) is 0 Å². The van der Waals surface area contributed by atoms with Gasteiger partial charge in [0, 0.05) is 0 Å². The van der Waals surface area contributed by atoms with E-state index in [1.165, 1.54) is 13.8 Å². The smallest absolute Gasteiger partial charge is 0.304 e. The number of rotatable bonds is 0. The molecule has 0 atom stereocenters. The van der Waals surface area contributed by atoms with Crippen LogP contribution < -0.4 is 0 Å². The van der Waals surface area contributed by atoms with Crippen molar-refractivity contribution >= 4 is 20.4 Å². The van der Waals surface area contributed by atoms with Crippen molar-refractivity contribution in [3.05, 3.63) is 0 Å². The molecular formula is C4H11O6P. The Morgan fingerprint density at radius 3 is 1.00 bits per heavy atom. The fraction of sp³-hybridized carbons (Fsp3) is 0.500. The number of aldehydes is 2. The summed E-state index contributed by atoms with van der Waals surface area (Å²) >= 11 is 0. The third-order valence-corrected chi connectivity index (χ3v) is 0. The molecule has 11 heavy (non-hydrogen) atoms. The summed E-state index contributed by atoms with van der Waals surface area (Å²) in [5, 5.41) is 0. The molecule has 3 N–H and O–H groups in total. The Hall–Kier alpha value is -0.550.